The Kier molecular flexibility index (Phi) is 2.78. The molecular formula is C7H13NO2S. The van der Waals surface area contributed by atoms with E-state index in [-0.39, 0.29) is 18.1 Å². The van der Waals surface area contributed by atoms with E-state index in [4.69, 9.17) is 5.11 Å². The van der Waals surface area contributed by atoms with E-state index >= 15 is 0 Å². The van der Waals surface area contributed by atoms with Crippen molar-refractivity contribution in [1.82, 2.24) is 5.32 Å². The lowest BCUT2D eigenvalue weighted by Crippen LogP contribution is -2.39. The third kappa shape index (κ3) is 2.38. The average Bonchev–Trinajstić information content (AvgIpc) is 2.70. The SMILES string of the molecule is O=C(CCS)NC1(CO)CC1. The summed E-state index contributed by atoms with van der Waals surface area (Å²) in [6, 6.07) is 0. The van der Waals surface area contributed by atoms with Crippen molar-refractivity contribution in [2.24, 2.45) is 0 Å². The van der Waals surface area contributed by atoms with Gasteiger partial charge in [0.25, 0.3) is 0 Å². The van der Waals surface area contributed by atoms with Crippen LogP contribution in [-0.2, 0) is 4.79 Å². The zero-order valence-corrected chi connectivity index (χ0v) is 7.23. The molecule has 11 heavy (non-hydrogen) atoms. The third-order valence-corrected chi connectivity index (χ3v) is 2.12. The van der Waals surface area contributed by atoms with Crippen LogP contribution in [-0.4, -0.2) is 28.9 Å². The van der Waals surface area contributed by atoms with Crippen molar-refractivity contribution in [2.75, 3.05) is 12.4 Å². The van der Waals surface area contributed by atoms with E-state index in [1.54, 1.807) is 0 Å². The second kappa shape index (κ2) is 3.45. The van der Waals surface area contributed by atoms with Crippen LogP contribution in [0.4, 0.5) is 0 Å². The number of aliphatic hydroxyl groups is 1. The third-order valence-electron chi connectivity index (χ3n) is 1.90. The van der Waals surface area contributed by atoms with Crippen LogP contribution in [0.2, 0.25) is 0 Å². The van der Waals surface area contributed by atoms with E-state index in [0.717, 1.165) is 12.8 Å². The van der Waals surface area contributed by atoms with E-state index in [1.165, 1.54) is 0 Å². The van der Waals surface area contributed by atoms with Gasteiger partial charge in [-0.3, -0.25) is 4.79 Å². The number of thiol groups is 1. The molecule has 0 aromatic rings. The van der Waals surface area contributed by atoms with Crippen LogP contribution in [0.1, 0.15) is 19.3 Å². The molecule has 64 valence electrons. The number of aliphatic hydroxyl groups excluding tert-OH is 1. The van der Waals surface area contributed by atoms with Gasteiger partial charge in [0.1, 0.15) is 0 Å². The summed E-state index contributed by atoms with van der Waals surface area (Å²) in [5.41, 5.74) is -0.264. The van der Waals surface area contributed by atoms with Crippen LogP contribution >= 0.6 is 12.6 Å². The molecule has 0 bridgehead atoms. The molecule has 0 heterocycles. The molecule has 0 aromatic heterocycles. The summed E-state index contributed by atoms with van der Waals surface area (Å²) in [6.45, 7) is 0.0608. The van der Waals surface area contributed by atoms with Crippen molar-refractivity contribution < 1.29 is 9.90 Å². The van der Waals surface area contributed by atoms with Gasteiger partial charge in [-0.25, -0.2) is 0 Å². The minimum atomic E-state index is -0.264. The second-order valence-electron chi connectivity index (χ2n) is 2.96. The average molecular weight is 175 g/mol. The Morgan fingerprint density at radius 2 is 2.27 bits per heavy atom. The summed E-state index contributed by atoms with van der Waals surface area (Å²) < 4.78 is 0. The first-order valence-corrected chi connectivity index (χ1v) is 4.38. The van der Waals surface area contributed by atoms with E-state index in [2.05, 4.69) is 17.9 Å². The van der Waals surface area contributed by atoms with Gasteiger partial charge in [0.05, 0.1) is 12.1 Å². The molecule has 1 fully saturated rings. The molecule has 1 aliphatic rings. The highest BCUT2D eigenvalue weighted by Crippen LogP contribution is 2.34. The van der Waals surface area contributed by atoms with Gasteiger partial charge >= 0.3 is 0 Å². The maximum absolute atomic E-state index is 11.0. The highest BCUT2D eigenvalue weighted by atomic mass is 32.1. The first-order valence-electron chi connectivity index (χ1n) is 3.75. The number of carbonyl (C=O) groups excluding carboxylic acids is 1. The zero-order valence-electron chi connectivity index (χ0n) is 6.34. The van der Waals surface area contributed by atoms with Crippen LogP contribution < -0.4 is 5.32 Å². The summed E-state index contributed by atoms with van der Waals surface area (Å²) in [5, 5.41) is 11.6. The predicted molar refractivity (Wildman–Crippen MR) is 45.7 cm³/mol. The Morgan fingerprint density at radius 3 is 2.64 bits per heavy atom. The number of amides is 1. The van der Waals surface area contributed by atoms with Gasteiger partial charge in [-0.05, 0) is 18.6 Å². The van der Waals surface area contributed by atoms with E-state index in [9.17, 15) is 4.79 Å². The van der Waals surface area contributed by atoms with Crippen LogP contribution in [0.15, 0.2) is 0 Å². The topological polar surface area (TPSA) is 49.3 Å². The first-order chi connectivity index (χ1) is 5.22. The lowest BCUT2D eigenvalue weighted by molar-refractivity contribution is -0.121. The minimum absolute atomic E-state index is 0.00782. The van der Waals surface area contributed by atoms with Gasteiger partial charge in [-0.1, -0.05) is 0 Å². The van der Waals surface area contributed by atoms with Crippen molar-refractivity contribution in [1.29, 1.82) is 0 Å². The molecule has 4 heteroatoms. The first kappa shape index (κ1) is 8.87. The minimum Gasteiger partial charge on any atom is -0.394 e. The molecule has 1 amide bonds. The molecule has 1 aliphatic carbocycles. The van der Waals surface area contributed by atoms with Crippen molar-refractivity contribution in [3.8, 4) is 0 Å². The van der Waals surface area contributed by atoms with E-state index in [1.807, 2.05) is 0 Å². The van der Waals surface area contributed by atoms with Gasteiger partial charge < -0.3 is 10.4 Å². The van der Waals surface area contributed by atoms with E-state index in [0.29, 0.717) is 12.2 Å². The number of hydrogen-bond donors (Lipinski definition) is 3. The number of rotatable bonds is 4. The summed E-state index contributed by atoms with van der Waals surface area (Å²) in [6.07, 6.45) is 2.24. The van der Waals surface area contributed by atoms with Crippen molar-refractivity contribution in [3.63, 3.8) is 0 Å². The normalized spacial score (nSPS) is 19.5. The highest BCUT2D eigenvalue weighted by Gasteiger charge is 2.43. The lowest BCUT2D eigenvalue weighted by atomic mass is 10.3. The monoisotopic (exact) mass is 175 g/mol. The summed E-state index contributed by atoms with van der Waals surface area (Å²) in [4.78, 5) is 11.0. The predicted octanol–water partition coefficient (Wildman–Crippen LogP) is -0.0526. The van der Waals surface area contributed by atoms with Gasteiger partial charge in [0.15, 0.2) is 0 Å². The van der Waals surface area contributed by atoms with Crippen molar-refractivity contribution in [2.45, 2.75) is 24.8 Å². The van der Waals surface area contributed by atoms with Crippen molar-refractivity contribution >= 4 is 18.5 Å². The molecule has 0 saturated heterocycles. The maximum atomic E-state index is 11.0. The van der Waals surface area contributed by atoms with Crippen LogP contribution in [0.25, 0.3) is 0 Å². The van der Waals surface area contributed by atoms with Crippen LogP contribution in [0.3, 0.4) is 0 Å². The quantitative estimate of drug-likeness (QED) is 0.525. The van der Waals surface area contributed by atoms with Gasteiger partial charge in [-0.2, -0.15) is 12.6 Å². The molecule has 3 nitrogen and oxygen atoms in total. The molecule has 0 spiro atoms. The fraction of sp³-hybridized carbons (Fsp3) is 0.857. The molecular weight excluding hydrogens is 162 g/mol. The molecule has 2 N–H and O–H groups in total. The molecule has 1 saturated carbocycles. The number of hydrogen-bond acceptors (Lipinski definition) is 3. The highest BCUT2D eigenvalue weighted by molar-refractivity contribution is 7.80. The smallest absolute Gasteiger partial charge is 0.221 e. The Morgan fingerprint density at radius 1 is 1.64 bits per heavy atom. The fourth-order valence-corrected chi connectivity index (χ4v) is 1.14. The molecule has 0 unspecified atom stereocenters. The summed E-state index contributed by atoms with van der Waals surface area (Å²) in [7, 11) is 0. The Hall–Kier alpha value is -0.220. The Labute approximate surface area is 71.6 Å². The Bertz CT molecular complexity index is 157. The maximum Gasteiger partial charge on any atom is 0.221 e. The summed E-state index contributed by atoms with van der Waals surface area (Å²) >= 11 is 3.94. The Balaban J connectivity index is 2.24. The molecule has 0 atom stereocenters. The van der Waals surface area contributed by atoms with E-state index < -0.39 is 0 Å². The molecule has 0 aromatic carbocycles. The number of carbonyl (C=O) groups is 1. The fourth-order valence-electron chi connectivity index (χ4n) is 0.933. The van der Waals surface area contributed by atoms with Gasteiger partial charge in [0, 0.05) is 6.42 Å². The number of nitrogens with one attached hydrogen (secondary N) is 1. The molecule has 1 rings (SSSR count). The van der Waals surface area contributed by atoms with Crippen molar-refractivity contribution in [3.05, 3.63) is 0 Å². The zero-order chi connectivity index (χ0) is 8.32. The lowest BCUT2D eigenvalue weighted by Gasteiger charge is -2.13. The molecule has 0 aliphatic heterocycles. The van der Waals surface area contributed by atoms with Gasteiger partial charge in [-0.15, -0.1) is 0 Å². The largest absolute Gasteiger partial charge is 0.394 e. The molecule has 0 radical (unpaired) electrons. The standard InChI is InChI=1S/C7H13NO2S/c9-5-7(2-3-7)8-6(10)1-4-11/h9,11H,1-5H2,(H,8,10). The summed E-state index contributed by atoms with van der Waals surface area (Å²) in [5.74, 6) is 0.555. The van der Waals surface area contributed by atoms with Crippen LogP contribution in [0, 0.1) is 0 Å². The van der Waals surface area contributed by atoms with Gasteiger partial charge in [0.2, 0.25) is 5.91 Å². The second-order valence-corrected chi connectivity index (χ2v) is 3.41. The van der Waals surface area contributed by atoms with Crippen LogP contribution in [0.5, 0.6) is 0 Å².